The number of aromatic nitrogens is 2. The summed E-state index contributed by atoms with van der Waals surface area (Å²) in [6.07, 6.45) is 7.01. The van der Waals surface area contributed by atoms with Crippen molar-refractivity contribution in [2.24, 2.45) is 0 Å². The smallest absolute Gasteiger partial charge is 0.224 e. The van der Waals surface area contributed by atoms with E-state index in [1.165, 1.54) is 0 Å². The minimum absolute atomic E-state index is 0.0407. The second-order valence-corrected chi connectivity index (χ2v) is 4.21. The molecule has 1 aromatic rings. The molecule has 2 heterocycles. The summed E-state index contributed by atoms with van der Waals surface area (Å²) in [5.74, 6) is 1.32. The standard InChI is InChI=1S/C13H14ClN3O/c1-4-6-9(5-2)10-8-18-11-7-15-13(14)16-12(11)17(10)3/h4-7,10H,1-2,8H2,3H3/b9-6+. The number of fused-ring (bicyclic) bond motifs is 1. The number of nitrogens with zero attached hydrogens (tertiary/aromatic N) is 3. The number of halogens is 1. The van der Waals surface area contributed by atoms with Crippen LogP contribution >= 0.6 is 11.6 Å². The zero-order valence-corrected chi connectivity index (χ0v) is 10.9. The molecule has 0 spiro atoms. The fourth-order valence-corrected chi connectivity index (χ4v) is 2.02. The molecule has 0 saturated heterocycles. The SMILES string of the molecule is C=C/C=C(\C=C)C1COc2cnc(Cl)nc2N1C. The Morgan fingerprint density at radius 2 is 2.39 bits per heavy atom. The maximum Gasteiger partial charge on any atom is 0.224 e. The van der Waals surface area contributed by atoms with Crippen LogP contribution in [0.3, 0.4) is 0 Å². The number of likely N-dealkylation sites (N-methyl/N-ethyl adjacent to an activating group) is 1. The third-order valence-corrected chi connectivity index (χ3v) is 3.02. The van der Waals surface area contributed by atoms with E-state index in [2.05, 4.69) is 23.1 Å². The van der Waals surface area contributed by atoms with Crippen LogP contribution in [-0.2, 0) is 0 Å². The van der Waals surface area contributed by atoms with Gasteiger partial charge in [0.1, 0.15) is 6.61 Å². The maximum absolute atomic E-state index is 5.81. The van der Waals surface area contributed by atoms with Crippen molar-refractivity contribution in [1.29, 1.82) is 0 Å². The average Bonchev–Trinajstić information content (AvgIpc) is 2.38. The van der Waals surface area contributed by atoms with Gasteiger partial charge in [-0.05, 0) is 17.2 Å². The fraction of sp³-hybridized carbons (Fsp3) is 0.231. The summed E-state index contributed by atoms with van der Waals surface area (Å²) in [7, 11) is 1.94. The van der Waals surface area contributed by atoms with Crippen LogP contribution in [-0.4, -0.2) is 29.7 Å². The van der Waals surface area contributed by atoms with E-state index in [1.54, 1.807) is 18.3 Å². The van der Waals surface area contributed by atoms with Gasteiger partial charge in [-0.1, -0.05) is 31.4 Å². The predicted molar refractivity (Wildman–Crippen MR) is 73.2 cm³/mol. The second kappa shape index (κ2) is 5.23. The van der Waals surface area contributed by atoms with Crippen LogP contribution in [0.5, 0.6) is 5.75 Å². The van der Waals surface area contributed by atoms with Gasteiger partial charge in [0.05, 0.1) is 12.2 Å². The first kappa shape index (κ1) is 12.6. The van der Waals surface area contributed by atoms with E-state index in [0.717, 1.165) is 5.57 Å². The Morgan fingerprint density at radius 3 is 3.06 bits per heavy atom. The van der Waals surface area contributed by atoms with E-state index in [1.807, 2.05) is 18.0 Å². The first-order chi connectivity index (χ1) is 8.67. The van der Waals surface area contributed by atoms with E-state index in [0.29, 0.717) is 18.2 Å². The van der Waals surface area contributed by atoms with E-state index >= 15 is 0 Å². The average molecular weight is 264 g/mol. The molecule has 1 unspecified atom stereocenters. The van der Waals surface area contributed by atoms with Gasteiger partial charge < -0.3 is 9.64 Å². The lowest BCUT2D eigenvalue weighted by Crippen LogP contribution is -2.42. The highest BCUT2D eigenvalue weighted by Gasteiger charge is 2.28. The van der Waals surface area contributed by atoms with Crippen molar-refractivity contribution in [3.05, 3.63) is 48.4 Å². The topological polar surface area (TPSA) is 38.3 Å². The Bertz CT molecular complexity index is 513. The van der Waals surface area contributed by atoms with E-state index < -0.39 is 0 Å². The largest absolute Gasteiger partial charge is 0.486 e. The first-order valence-electron chi connectivity index (χ1n) is 5.50. The van der Waals surface area contributed by atoms with E-state index in [9.17, 15) is 0 Å². The zero-order valence-electron chi connectivity index (χ0n) is 10.1. The van der Waals surface area contributed by atoms with Crippen LogP contribution in [0.25, 0.3) is 0 Å². The van der Waals surface area contributed by atoms with Crippen molar-refractivity contribution in [1.82, 2.24) is 9.97 Å². The summed E-state index contributed by atoms with van der Waals surface area (Å²) < 4.78 is 5.64. The van der Waals surface area contributed by atoms with Gasteiger partial charge in [0, 0.05) is 7.05 Å². The summed E-state index contributed by atoms with van der Waals surface area (Å²) in [5.41, 5.74) is 1.02. The lowest BCUT2D eigenvalue weighted by atomic mass is 10.1. The molecule has 0 radical (unpaired) electrons. The highest BCUT2D eigenvalue weighted by atomic mass is 35.5. The molecule has 0 N–H and O–H groups in total. The highest BCUT2D eigenvalue weighted by Crippen LogP contribution is 2.33. The molecule has 18 heavy (non-hydrogen) atoms. The molecule has 0 aliphatic carbocycles. The molecule has 1 aliphatic heterocycles. The number of hydrogen-bond acceptors (Lipinski definition) is 4. The third kappa shape index (κ3) is 2.24. The molecule has 0 aromatic carbocycles. The lowest BCUT2D eigenvalue weighted by molar-refractivity contribution is 0.279. The zero-order chi connectivity index (χ0) is 13.1. The van der Waals surface area contributed by atoms with Gasteiger partial charge in [-0.15, -0.1) is 0 Å². The molecule has 94 valence electrons. The van der Waals surface area contributed by atoms with Gasteiger partial charge in [-0.3, -0.25) is 0 Å². The number of ether oxygens (including phenoxy) is 1. The van der Waals surface area contributed by atoms with Gasteiger partial charge in [0.2, 0.25) is 5.28 Å². The van der Waals surface area contributed by atoms with E-state index in [-0.39, 0.29) is 11.3 Å². The molecule has 1 aliphatic rings. The van der Waals surface area contributed by atoms with Crippen molar-refractivity contribution in [3.63, 3.8) is 0 Å². The summed E-state index contributed by atoms with van der Waals surface area (Å²) in [5, 5.41) is 0.206. The third-order valence-electron chi connectivity index (χ3n) is 2.84. The van der Waals surface area contributed by atoms with Gasteiger partial charge in [0.15, 0.2) is 11.6 Å². The Labute approximate surface area is 111 Å². The van der Waals surface area contributed by atoms with Crippen molar-refractivity contribution in [2.45, 2.75) is 6.04 Å². The Balaban J connectivity index is 2.37. The van der Waals surface area contributed by atoms with Gasteiger partial charge in [-0.2, -0.15) is 4.98 Å². The monoisotopic (exact) mass is 263 g/mol. The Kier molecular flexibility index (Phi) is 3.67. The van der Waals surface area contributed by atoms with Gasteiger partial charge in [-0.25, -0.2) is 4.98 Å². The van der Waals surface area contributed by atoms with Gasteiger partial charge in [0.25, 0.3) is 0 Å². The highest BCUT2D eigenvalue weighted by molar-refractivity contribution is 6.28. The summed E-state index contributed by atoms with van der Waals surface area (Å²) in [6.45, 7) is 8.02. The van der Waals surface area contributed by atoms with Crippen LogP contribution in [0.1, 0.15) is 0 Å². The molecule has 5 heteroatoms. The minimum atomic E-state index is 0.0407. The molecule has 0 bridgehead atoms. The second-order valence-electron chi connectivity index (χ2n) is 3.87. The number of rotatable bonds is 3. The molecule has 0 saturated carbocycles. The predicted octanol–water partition coefficient (Wildman–Crippen LogP) is 2.63. The normalized spacial score (nSPS) is 18.9. The molecule has 0 fully saturated rings. The quantitative estimate of drug-likeness (QED) is 0.621. The van der Waals surface area contributed by atoms with Crippen LogP contribution in [0.2, 0.25) is 5.28 Å². The maximum atomic E-state index is 5.81. The number of allylic oxidation sites excluding steroid dienone is 2. The molecule has 2 rings (SSSR count). The molecule has 4 nitrogen and oxygen atoms in total. The Morgan fingerprint density at radius 1 is 1.61 bits per heavy atom. The van der Waals surface area contributed by atoms with Crippen LogP contribution < -0.4 is 9.64 Å². The summed E-state index contributed by atoms with van der Waals surface area (Å²) >= 11 is 5.81. The minimum Gasteiger partial charge on any atom is -0.486 e. The van der Waals surface area contributed by atoms with Crippen molar-refractivity contribution in [3.8, 4) is 5.75 Å². The summed E-state index contributed by atoms with van der Waals surface area (Å²) in [6, 6.07) is 0.0407. The number of anilines is 1. The lowest BCUT2D eigenvalue weighted by Gasteiger charge is -2.35. The molecule has 1 atom stereocenters. The fourth-order valence-electron chi connectivity index (χ4n) is 1.89. The molecule has 0 amide bonds. The van der Waals surface area contributed by atoms with Crippen LogP contribution in [0, 0.1) is 0 Å². The molecular formula is C13H14ClN3O. The van der Waals surface area contributed by atoms with Crippen molar-refractivity contribution in [2.75, 3.05) is 18.6 Å². The number of hydrogen-bond donors (Lipinski definition) is 0. The first-order valence-corrected chi connectivity index (χ1v) is 5.88. The molecular weight excluding hydrogens is 250 g/mol. The summed E-state index contributed by atoms with van der Waals surface area (Å²) in [4.78, 5) is 10.1. The van der Waals surface area contributed by atoms with E-state index in [4.69, 9.17) is 16.3 Å². The van der Waals surface area contributed by atoms with Crippen LogP contribution in [0.15, 0.2) is 43.2 Å². The van der Waals surface area contributed by atoms with Crippen molar-refractivity contribution >= 4 is 17.4 Å². The van der Waals surface area contributed by atoms with Crippen LogP contribution in [0.4, 0.5) is 5.82 Å². The van der Waals surface area contributed by atoms with Crippen molar-refractivity contribution < 1.29 is 4.74 Å². The molecule has 1 aromatic heterocycles. The van der Waals surface area contributed by atoms with Gasteiger partial charge >= 0.3 is 0 Å². The Hall–Kier alpha value is -1.81.